The van der Waals surface area contributed by atoms with Gasteiger partial charge in [0.2, 0.25) is 0 Å². The average Bonchev–Trinajstić information content (AvgIpc) is 3.05. The van der Waals surface area contributed by atoms with E-state index in [1.54, 1.807) is 48.5 Å². The number of ether oxygens (including phenoxy) is 2. The van der Waals surface area contributed by atoms with E-state index in [2.05, 4.69) is 5.32 Å². The molecule has 1 heterocycles. The van der Waals surface area contributed by atoms with E-state index in [4.69, 9.17) is 21.1 Å². The van der Waals surface area contributed by atoms with Crippen LogP contribution < -0.4 is 19.7 Å². The van der Waals surface area contributed by atoms with Gasteiger partial charge in [0.05, 0.1) is 30.0 Å². The second-order valence-electron chi connectivity index (χ2n) is 7.11. The van der Waals surface area contributed by atoms with Crippen LogP contribution in [0.5, 0.6) is 11.5 Å². The van der Waals surface area contributed by atoms with Crippen LogP contribution in [0.25, 0.3) is 5.57 Å². The predicted molar refractivity (Wildman–Crippen MR) is 125 cm³/mol. The van der Waals surface area contributed by atoms with Gasteiger partial charge in [-0.25, -0.2) is 9.29 Å². The van der Waals surface area contributed by atoms with Gasteiger partial charge in [-0.3, -0.25) is 9.59 Å². The zero-order chi connectivity index (χ0) is 23.5. The van der Waals surface area contributed by atoms with Gasteiger partial charge < -0.3 is 14.8 Å². The highest BCUT2D eigenvalue weighted by Crippen LogP contribution is 2.36. The number of rotatable bonds is 7. The number of amides is 2. The normalized spacial score (nSPS) is 13.5. The molecule has 1 aliphatic heterocycles. The molecule has 0 aliphatic carbocycles. The molecule has 4 rings (SSSR count). The van der Waals surface area contributed by atoms with E-state index in [1.165, 1.54) is 19.2 Å². The summed E-state index contributed by atoms with van der Waals surface area (Å²) in [5.41, 5.74) is 1.52. The maximum Gasteiger partial charge on any atom is 0.282 e. The lowest BCUT2D eigenvalue weighted by Crippen LogP contribution is -2.32. The van der Waals surface area contributed by atoms with E-state index >= 15 is 0 Å². The van der Waals surface area contributed by atoms with Gasteiger partial charge in [0, 0.05) is 11.8 Å². The molecule has 2 amide bonds. The van der Waals surface area contributed by atoms with Gasteiger partial charge >= 0.3 is 0 Å². The largest absolute Gasteiger partial charge is 0.497 e. The first-order chi connectivity index (χ1) is 15.9. The number of halogens is 2. The van der Waals surface area contributed by atoms with E-state index in [0.29, 0.717) is 29.4 Å². The number of hydrogen-bond acceptors (Lipinski definition) is 5. The average molecular weight is 467 g/mol. The fraction of sp³-hybridized carbons (Fsp3) is 0.120. The smallest absolute Gasteiger partial charge is 0.282 e. The lowest BCUT2D eigenvalue weighted by atomic mass is 10.0. The Morgan fingerprint density at radius 3 is 2.39 bits per heavy atom. The number of carbonyl (C=O) groups is 2. The van der Waals surface area contributed by atoms with Crippen LogP contribution in [0.3, 0.4) is 0 Å². The summed E-state index contributed by atoms with van der Waals surface area (Å²) >= 11 is 5.91. The quantitative estimate of drug-likeness (QED) is 0.480. The van der Waals surface area contributed by atoms with Crippen molar-refractivity contribution >= 4 is 40.4 Å². The van der Waals surface area contributed by atoms with E-state index < -0.39 is 17.6 Å². The molecule has 1 N–H and O–H groups in total. The molecule has 168 valence electrons. The third-order valence-electron chi connectivity index (χ3n) is 5.04. The summed E-state index contributed by atoms with van der Waals surface area (Å²) in [7, 11) is 1.54. The zero-order valence-corrected chi connectivity index (χ0v) is 18.7. The van der Waals surface area contributed by atoms with Crippen molar-refractivity contribution in [2.75, 3.05) is 23.9 Å². The Kier molecular flexibility index (Phi) is 6.33. The van der Waals surface area contributed by atoms with Crippen molar-refractivity contribution < 1.29 is 23.5 Å². The topological polar surface area (TPSA) is 67.9 Å². The number of nitrogens with zero attached hydrogens (tertiary/aromatic N) is 1. The number of anilines is 2. The Hall–Kier alpha value is -3.84. The molecule has 0 bridgehead atoms. The van der Waals surface area contributed by atoms with Crippen LogP contribution in [0.4, 0.5) is 15.8 Å². The van der Waals surface area contributed by atoms with Crippen molar-refractivity contribution in [3.05, 3.63) is 88.8 Å². The second kappa shape index (κ2) is 9.34. The number of nitrogens with one attached hydrogen (secondary N) is 1. The minimum absolute atomic E-state index is 0.0827. The monoisotopic (exact) mass is 466 g/mol. The Bertz CT molecular complexity index is 1260. The summed E-state index contributed by atoms with van der Waals surface area (Å²) < 4.78 is 24.4. The summed E-state index contributed by atoms with van der Waals surface area (Å²) in [6.07, 6.45) is 0. The van der Waals surface area contributed by atoms with Crippen molar-refractivity contribution in [1.29, 1.82) is 0 Å². The van der Waals surface area contributed by atoms with Gasteiger partial charge in [-0.2, -0.15) is 0 Å². The van der Waals surface area contributed by atoms with Crippen molar-refractivity contribution in [2.24, 2.45) is 0 Å². The number of benzene rings is 3. The van der Waals surface area contributed by atoms with Crippen molar-refractivity contribution in [1.82, 2.24) is 0 Å². The first kappa shape index (κ1) is 22.4. The van der Waals surface area contributed by atoms with Gasteiger partial charge in [0.25, 0.3) is 11.8 Å². The Balaban J connectivity index is 1.80. The lowest BCUT2D eigenvalue weighted by molar-refractivity contribution is -0.120. The minimum Gasteiger partial charge on any atom is -0.497 e. The van der Waals surface area contributed by atoms with Crippen LogP contribution in [-0.4, -0.2) is 25.5 Å². The summed E-state index contributed by atoms with van der Waals surface area (Å²) in [6, 6.07) is 17.5. The van der Waals surface area contributed by atoms with Gasteiger partial charge in [0.15, 0.2) is 0 Å². The molecule has 0 radical (unpaired) electrons. The maximum atomic E-state index is 13.7. The van der Waals surface area contributed by atoms with Gasteiger partial charge in [-0.15, -0.1) is 0 Å². The standard InChI is InChI=1S/C25H20ClFN2O4/c1-3-33-19-6-4-5-16(13-19)28-23-22(15-7-10-18(32-2)11-8-15)24(30)29(25(23)31)17-9-12-21(27)20(26)14-17/h4-14,28H,3H2,1-2H3. The molecule has 0 aromatic heterocycles. The molecule has 0 unspecified atom stereocenters. The van der Waals surface area contributed by atoms with Crippen LogP contribution in [0.15, 0.2) is 72.4 Å². The van der Waals surface area contributed by atoms with Crippen LogP contribution in [0, 0.1) is 5.82 Å². The maximum absolute atomic E-state index is 13.7. The van der Waals surface area contributed by atoms with Crippen molar-refractivity contribution in [3.8, 4) is 11.5 Å². The van der Waals surface area contributed by atoms with Crippen LogP contribution >= 0.6 is 11.6 Å². The molecule has 33 heavy (non-hydrogen) atoms. The molecule has 0 spiro atoms. The highest BCUT2D eigenvalue weighted by Gasteiger charge is 2.40. The number of carbonyl (C=O) groups excluding carboxylic acids is 2. The molecule has 0 fully saturated rings. The molecule has 0 saturated heterocycles. The van der Waals surface area contributed by atoms with E-state index in [-0.39, 0.29) is 22.0 Å². The first-order valence-corrected chi connectivity index (χ1v) is 10.5. The summed E-state index contributed by atoms with van der Waals surface area (Å²) in [5.74, 6) is -0.564. The Labute approximate surface area is 195 Å². The fourth-order valence-electron chi connectivity index (χ4n) is 3.50. The number of hydrogen-bond donors (Lipinski definition) is 1. The van der Waals surface area contributed by atoms with Crippen molar-refractivity contribution in [3.63, 3.8) is 0 Å². The fourth-order valence-corrected chi connectivity index (χ4v) is 3.68. The van der Waals surface area contributed by atoms with Crippen LogP contribution in [-0.2, 0) is 9.59 Å². The third-order valence-corrected chi connectivity index (χ3v) is 5.33. The lowest BCUT2D eigenvalue weighted by Gasteiger charge is -2.16. The molecule has 1 aliphatic rings. The second-order valence-corrected chi connectivity index (χ2v) is 7.52. The summed E-state index contributed by atoms with van der Waals surface area (Å²) in [4.78, 5) is 27.9. The number of methoxy groups -OCH3 is 1. The predicted octanol–water partition coefficient (Wildman–Crippen LogP) is 5.28. The molecule has 8 heteroatoms. The minimum atomic E-state index is -0.645. The van der Waals surface area contributed by atoms with E-state index in [1.807, 2.05) is 6.92 Å². The van der Waals surface area contributed by atoms with E-state index in [9.17, 15) is 14.0 Å². The highest BCUT2D eigenvalue weighted by molar-refractivity contribution is 6.46. The molecular formula is C25H20ClFN2O4. The Morgan fingerprint density at radius 1 is 0.970 bits per heavy atom. The Morgan fingerprint density at radius 2 is 1.73 bits per heavy atom. The third kappa shape index (κ3) is 4.40. The first-order valence-electron chi connectivity index (χ1n) is 10.2. The van der Waals surface area contributed by atoms with Gasteiger partial charge in [0.1, 0.15) is 23.0 Å². The summed E-state index contributed by atoms with van der Waals surface area (Å²) in [6.45, 7) is 2.36. The molecule has 6 nitrogen and oxygen atoms in total. The summed E-state index contributed by atoms with van der Waals surface area (Å²) in [5, 5.41) is 2.88. The van der Waals surface area contributed by atoms with Gasteiger partial charge in [-0.1, -0.05) is 29.8 Å². The zero-order valence-electron chi connectivity index (χ0n) is 17.9. The van der Waals surface area contributed by atoms with E-state index in [0.717, 1.165) is 11.0 Å². The molecule has 3 aromatic rings. The highest BCUT2D eigenvalue weighted by atomic mass is 35.5. The van der Waals surface area contributed by atoms with Crippen molar-refractivity contribution in [2.45, 2.75) is 6.92 Å². The molecule has 0 saturated carbocycles. The van der Waals surface area contributed by atoms with Crippen LogP contribution in [0.2, 0.25) is 5.02 Å². The van der Waals surface area contributed by atoms with Gasteiger partial charge in [-0.05, 0) is 55.0 Å². The molecular weight excluding hydrogens is 447 g/mol. The SMILES string of the molecule is CCOc1cccc(NC2=C(c3ccc(OC)cc3)C(=O)N(c3ccc(F)c(Cl)c3)C2=O)c1. The molecule has 3 aromatic carbocycles. The molecule has 0 atom stereocenters. The number of imide groups is 1. The van der Waals surface area contributed by atoms with Crippen LogP contribution in [0.1, 0.15) is 12.5 Å².